The minimum Gasteiger partial charge on any atom is -0.292 e. The van der Waals surface area contributed by atoms with Crippen molar-refractivity contribution in [3.05, 3.63) is 0 Å². The summed E-state index contributed by atoms with van der Waals surface area (Å²) < 4.78 is 23.7. The molecule has 0 bridgehead atoms. The van der Waals surface area contributed by atoms with Gasteiger partial charge in [-0.1, -0.05) is 4.51 Å². The van der Waals surface area contributed by atoms with Crippen LogP contribution < -0.4 is 0 Å². The minimum atomic E-state index is -3.10. The molecule has 4 heteroatoms. The molecule has 0 aliphatic heterocycles. The summed E-state index contributed by atoms with van der Waals surface area (Å²) in [7, 11) is 0. The van der Waals surface area contributed by atoms with Crippen LogP contribution in [0.15, 0.2) is 0 Å². The van der Waals surface area contributed by atoms with E-state index in [2.05, 4.69) is 4.51 Å². The predicted octanol–water partition coefficient (Wildman–Crippen LogP) is 1.57. The van der Waals surface area contributed by atoms with Gasteiger partial charge in [-0.05, 0) is 20.7 Å². The number of hydrogen-bond acceptors (Lipinski definition) is 1. The fourth-order valence-electron chi connectivity index (χ4n) is 0.0941. The summed E-state index contributed by atoms with van der Waals surface area (Å²) in [5.41, 5.74) is 0. The molecule has 0 radical (unpaired) electrons. The minimum absolute atomic E-state index is 0.880. The third-order valence-electron chi connectivity index (χ3n) is 0.567. The van der Waals surface area contributed by atoms with Crippen molar-refractivity contribution in [2.75, 3.05) is 0 Å². The average molecular weight is 234 g/mol. The van der Waals surface area contributed by atoms with E-state index >= 15 is 0 Å². The van der Waals surface area contributed by atoms with Crippen LogP contribution in [0, 0.1) is 0 Å². The predicted molar refractivity (Wildman–Crippen MR) is 36.8 cm³/mol. The molecule has 0 unspecified atom stereocenters. The lowest BCUT2D eigenvalue weighted by molar-refractivity contribution is -0.128. The summed E-state index contributed by atoms with van der Waals surface area (Å²) in [6.45, 7) is 0.880. The normalized spacial score (nSPS) is 11.4. The van der Waals surface area contributed by atoms with E-state index in [9.17, 15) is 13.6 Å². The maximum Gasteiger partial charge on any atom is 0.347 e. The number of alkyl halides is 3. The van der Waals surface area contributed by atoms with Gasteiger partial charge >= 0.3 is 3.93 Å². The number of carbonyl (C=O) groups excluding carboxylic acids is 1. The fraction of sp³-hybridized carbons (Fsp3) is 0.500. The summed E-state index contributed by atoms with van der Waals surface area (Å²) in [4.78, 5) is 9.93. The zero-order valence-corrected chi connectivity index (χ0v) is 6.41. The Labute approximate surface area is 55.8 Å². The second-order valence-electron chi connectivity index (χ2n) is 1.19. The third-order valence-corrected chi connectivity index (χ3v) is 2.28. The number of halogens is 3. The average Bonchev–Trinajstić information content (AvgIpc) is 1.67. The fourth-order valence-corrected chi connectivity index (χ4v) is 0.631. The number of Topliss-reactive ketones (excluding diaryl/α,β-unsaturated/α-hetero) is 1. The van der Waals surface area contributed by atoms with Crippen molar-refractivity contribution in [3.63, 3.8) is 0 Å². The zero-order valence-electron chi connectivity index (χ0n) is 4.25. The second kappa shape index (κ2) is 2.61. The smallest absolute Gasteiger partial charge is 0.292 e. The second-order valence-corrected chi connectivity index (χ2v) is 3.31. The molecule has 0 aliphatic carbocycles. The van der Waals surface area contributed by atoms with E-state index in [1.54, 1.807) is 0 Å². The van der Waals surface area contributed by atoms with Crippen molar-refractivity contribution in [2.45, 2.75) is 10.9 Å². The summed E-state index contributed by atoms with van der Waals surface area (Å²) in [5.74, 6) is -1.07. The van der Waals surface area contributed by atoms with Gasteiger partial charge in [-0.25, -0.2) is 0 Å². The Kier molecular flexibility index (Phi) is 2.65. The SMILES string of the molecule is C=IC(F)(F)C(C)=O. The molecule has 0 spiro atoms. The highest BCUT2D eigenvalue weighted by Gasteiger charge is 2.30. The third kappa shape index (κ3) is 1.94. The zero-order chi connectivity index (χ0) is 6.78. The molecule has 0 aromatic heterocycles. The van der Waals surface area contributed by atoms with Gasteiger partial charge in [0.05, 0.1) is 0 Å². The highest BCUT2D eigenvalue weighted by atomic mass is 127. The lowest BCUT2D eigenvalue weighted by Gasteiger charge is -2.02. The van der Waals surface area contributed by atoms with Crippen molar-refractivity contribution < 1.29 is 13.6 Å². The molecule has 0 saturated carbocycles. The highest BCUT2D eigenvalue weighted by Crippen LogP contribution is 2.27. The van der Waals surface area contributed by atoms with Crippen molar-refractivity contribution in [3.8, 4) is 0 Å². The van der Waals surface area contributed by atoms with Gasteiger partial charge in [0.2, 0.25) is 5.78 Å². The summed E-state index contributed by atoms with van der Waals surface area (Å²) in [6.07, 6.45) is 0. The van der Waals surface area contributed by atoms with Crippen LogP contribution in [0.2, 0.25) is 0 Å². The van der Waals surface area contributed by atoms with Gasteiger partial charge < -0.3 is 0 Å². The van der Waals surface area contributed by atoms with Crippen LogP contribution in [0.4, 0.5) is 8.78 Å². The van der Waals surface area contributed by atoms with Gasteiger partial charge in [0, 0.05) is 6.92 Å². The standard InChI is InChI=1S/C4H5F2IO/c1-3(8)4(5,6)7-2/h2H2,1H3. The first-order valence-electron chi connectivity index (χ1n) is 1.79. The van der Waals surface area contributed by atoms with E-state index in [1.807, 2.05) is 0 Å². The molecule has 0 aromatic carbocycles. The molecular weight excluding hydrogens is 229 g/mol. The van der Waals surface area contributed by atoms with E-state index in [0.717, 1.165) is 6.92 Å². The lowest BCUT2D eigenvalue weighted by atomic mass is 10.5. The molecular formula is C4H5F2IO. The van der Waals surface area contributed by atoms with Crippen LogP contribution in [0.3, 0.4) is 0 Å². The Hall–Kier alpha value is 0.130. The monoisotopic (exact) mass is 234 g/mol. The topological polar surface area (TPSA) is 17.1 Å². The van der Waals surface area contributed by atoms with E-state index in [0.29, 0.717) is 0 Å². The maximum absolute atomic E-state index is 11.9. The van der Waals surface area contributed by atoms with Gasteiger partial charge in [0.25, 0.3) is 0 Å². The van der Waals surface area contributed by atoms with Crippen molar-refractivity contribution in [1.82, 2.24) is 0 Å². The molecule has 0 amide bonds. The van der Waals surface area contributed by atoms with Gasteiger partial charge in [-0.2, -0.15) is 8.78 Å². The van der Waals surface area contributed by atoms with E-state index in [1.165, 1.54) is 0 Å². The van der Waals surface area contributed by atoms with Crippen LogP contribution in [0.1, 0.15) is 6.92 Å². The molecule has 0 rings (SSSR count). The van der Waals surface area contributed by atoms with Gasteiger partial charge in [0.15, 0.2) is 0 Å². The molecule has 0 heterocycles. The van der Waals surface area contributed by atoms with E-state index in [4.69, 9.17) is 0 Å². The Morgan fingerprint density at radius 3 is 2.12 bits per heavy atom. The molecule has 8 heavy (non-hydrogen) atoms. The molecule has 0 fully saturated rings. The van der Waals surface area contributed by atoms with Crippen LogP contribution in [0.5, 0.6) is 0 Å². The summed E-state index contributed by atoms with van der Waals surface area (Å²) in [5, 5.41) is 0. The first-order chi connectivity index (χ1) is 3.50. The lowest BCUT2D eigenvalue weighted by Crippen LogP contribution is -2.16. The molecule has 0 saturated heterocycles. The Balaban J connectivity index is 4.12. The van der Waals surface area contributed by atoms with Crippen LogP contribution in [-0.2, 0) is 4.79 Å². The first-order valence-corrected chi connectivity index (χ1v) is 4.39. The van der Waals surface area contributed by atoms with Crippen LogP contribution >= 0.6 is 20.7 Å². The van der Waals surface area contributed by atoms with E-state index < -0.39 is 30.4 Å². The van der Waals surface area contributed by atoms with Crippen LogP contribution in [-0.4, -0.2) is 14.2 Å². The summed E-state index contributed by atoms with van der Waals surface area (Å²) in [6, 6.07) is 0. The molecule has 48 valence electrons. The maximum atomic E-state index is 11.9. The molecule has 0 aromatic rings. The Morgan fingerprint density at radius 2 is 2.12 bits per heavy atom. The molecule has 0 atom stereocenters. The van der Waals surface area contributed by atoms with E-state index in [-0.39, 0.29) is 0 Å². The Bertz CT molecular complexity index is 121. The quantitative estimate of drug-likeness (QED) is 0.523. The molecule has 1 nitrogen and oxygen atoms in total. The number of hydrogen-bond donors (Lipinski definition) is 0. The first kappa shape index (κ1) is 8.13. The van der Waals surface area contributed by atoms with Gasteiger partial charge in [-0.15, -0.1) is 0 Å². The summed E-state index contributed by atoms with van der Waals surface area (Å²) >= 11 is -1.51. The van der Waals surface area contributed by atoms with Crippen LogP contribution in [0.25, 0.3) is 0 Å². The van der Waals surface area contributed by atoms with Crippen molar-refractivity contribution in [2.24, 2.45) is 0 Å². The van der Waals surface area contributed by atoms with Crippen molar-refractivity contribution >= 4 is 31.0 Å². The molecule has 0 aliphatic rings. The van der Waals surface area contributed by atoms with Crippen molar-refractivity contribution in [1.29, 1.82) is 0 Å². The highest BCUT2D eigenvalue weighted by molar-refractivity contribution is 14.2. The van der Waals surface area contributed by atoms with Gasteiger partial charge in [0.1, 0.15) is 0 Å². The largest absolute Gasteiger partial charge is 0.347 e. The molecule has 0 N–H and O–H groups in total. The Morgan fingerprint density at radius 1 is 1.75 bits per heavy atom. The number of rotatable bonds is 2. The number of carbonyl (C=O) groups is 1. The van der Waals surface area contributed by atoms with Gasteiger partial charge in [-0.3, -0.25) is 4.79 Å². The number of ketones is 1.